The van der Waals surface area contributed by atoms with E-state index >= 15 is 0 Å². The number of hydrogen-bond acceptors (Lipinski definition) is 2. The van der Waals surface area contributed by atoms with Gasteiger partial charge in [0.25, 0.3) is 0 Å². The molecular weight excluding hydrogens is 262 g/mol. The highest BCUT2D eigenvalue weighted by molar-refractivity contribution is 5.98. The fourth-order valence-electron chi connectivity index (χ4n) is 2.50. The number of nitrogens with one attached hydrogen (secondary N) is 1. The molecule has 0 unspecified atom stereocenters. The lowest BCUT2D eigenvalue weighted by molar-refractivity contribution is 0.251. The summed E-state index contributed by atoms with van der Waals surface area (Å²) in [7, 11) is 0. The Morgan fingerprint density at radius 3 is 2.67 bits per heavy atom. The zero-order valence-electron chi connectivity index (χ0n) is 12.1. The lowest BCUT2D eigenvalue weighted by atomic mass is 10.1. The molecular formula is C17H17N3O. The number of hydrogen-bond donors (Lipinski definition) is 1. The van der Waals surface area contributed by atoms with Crippen LogP contribution in [0.2, 0.25) is 0 Å². The van der Waals surface area contributed by atoms with Crippen molar-refractivity contribution in [1.29, 1.82) is 0 Å². The molecule has 0 radical (unpaired) electrons. The minimum Gasteiger partial charge on any atom is -0.306 e. The maximum atomic E-state index is 12.5. The van der Waals surface area contributed by atoms with E-state index in [0.29, 0.717) is 0 Å². The third-order valence-electron chi connectivity index (χ3n) is 3.60. The van der Waals surface area contributed by atoms with Gasteiger partial charge in [-0.2, -0.15) is 9.78 Å². The molecule has 1 heterocycles. The molecule has 0 aliphatic carbocycles. The fourth-order valence-corrected chi connectivity index (χ4v) is 2.50. The van der Waals surface area contributed by atoms with Crippen LogP contribution in [0.15, 0.2) is 48.5 Å². The van der Waals surface area contributed by atoms with Crippen molar-refractivity contribution in [2.75, 3.05) is 5.32 Å². The molecule has 106 valence electrons. The molecule has 1 N–H and O–H groups in total. The van der Waals surface area contributed by atoms with Crippen molar-refractivity contribution in [3.63, 3.8) is 0 Å². The average Bonchev–Trinajstić information content (AvgIpc) is 2.86. The molecule has 0 bridgehead atoms. The molecule has 1 aromatic heterocycles. The minimum absolute atomic E-state index is 0.236. The van der Waals surface area contributed by atoms with Crippen molar-refractivity contribution in [3.05, 3.63) is 59.8 Å². The summed E-state index contributed by atoms with van der Waals surface area (Å²) in [4.78, 5) is 12.5. The summed E-state index contributed by atoms with van der Waals surface area (Å²) >= 11 is 0. The molecule has 0 aliphatic rings. The molecule has 1 amide bonds. The molecule has 3 rings (SSSR count). The smallest absolute Gasteiger partial charge is 0.306 e. The zero-order valence-corrected chi connectivity index (χ0v) is 12.1. The third kappa shape index (κ3) is 2.40. The van der Waals surface area contributed by atoms with Crippen molar-refractivity contribution >= 4 is 22.6 Å². The summed E-state index contributed by atoms with van der Waals surface area (Å²) in [5, 5.41) is 8.29. The van der Waals surface area contributed by atoms with Gasteiger partial charge in [-0.25, -0.2) is 4.79 Å². The lowest BCUT2D eigenvalue weighted by Gasteiger charge is -2.09. The number of amides is 1. The van der Waals surface area contributed by atoms with Crippen LogP contribution >= 0.6 is 0 Å². The molecule has 0 atom stereocenters. The number of carbonyl (C=O) groups excluding carboxylic acids is 1. The third-order valence-corrected chi connectivity index (χ3v) is 3.60. The highest BCUT2D eigenvalue weighted by Crippen LogP contribution is 2.19. The van der Waals surface area contributed by atoms with Gasteiger partial charge in [0.2, 0.25) is 0 Å². The quantitative estimate of drug-likeness (QED) is 0.771. The summed E-state index contributed by atoms with van der Waals surface area (Å²) in [5.41, 5.74) is 3.62. The highest BCUT2D eigenvalue weighted by atomic mass is 16.2. The Morgan fingerprint density at radius 1 is 1.14 bits per heavy atom. The number of para-hydroxylation sites is 2. The monoisotopic (exact) mass is 279 g/mol. The Bertz CT molecular complexity index is 805. The van der Waals surface area contributed by atoms with Crippen molar-refractivity contribution in [2.24, 2.45) is 0 Å². The second-order valence-electron chi connectivity index (χ2n) is 4.96. The van der Waals surface area contributed by atoms with Crippen molar-refractivity contribution < 1.29 is 4.79 Å². The Kier molecular flexibility index (Phi) is 3.44. The summed E-state index contributed by atoms with van der Waals surface area (Å²) in [5.74, 6) is 0. The molecule has 3 aromatic rings. The van der Waals surface area contributed by atoms with Crippen LogP contribution < -0.4 is 5.32 Å². The van der Waals surface area contributed by atoms with E-state index in [2.05, 4.69) is 17.3 Å². The molecule has 0 saturated heterocycles. The maximum Gasteiger partial charge on any atom is 0.347 e. The second kappa shape index (κ2) is 5.40. The Hall–Kier alpha value is -2.62. The molecule has 4 nitrogen and oxygen atoms in total. The van der Waals surface area contributed by atoms with Gasteiger partial charge in [0, 0.05) is 11.1 Å². The van der Waals surface area contributed by atoms with E-state index in [1.807, 2.05) is 55.5 Å². The Labute approximate surface area is 123 Å². The van der Waals surface area contributed by atoms with Gasteiger partial charge in [-0.3, -0.25) is 0 Å². The standard InChI is InChI=1S/C17H17N3O/c1-3-13-8-4-6-10-15(13)18-17(21)20-16-11-7-5-9-14(16)12(2)19-20/h4-11H,3H2,1-2H3,(H,18,21). The van der Waals surface area contributed by atoms with Gasteiger partial charge in [0.15, 0.2) is 0 Å². The number of rotatable bonds is 2. The van der Waals surface area contributed by atoms with E-state index < -0.39 is 0 Å². The number of aryl methyl sites for hydroxylation is 2. The highest BCUT2D eigenvalue weighted by Gasteiger charge is 2.13. The van der Waals surface area contributed by atoms with Crippen LogP contribution in [-0.4, -0.2) is 15.8 Å². The van der Waals surface area contributed by atoms with Crippen molar-refractivity contribution in [3.8, 4) is 0 Å². The van der Waals surface area contributed by atoms with Gasteiger partial charge in [-0.05, 0) is 31.0 Å². The molecule has 2 aromatic carbocycles. The van der Waals surface area contributed by atoms with Gasteiger partial charge in [0.1, 0.15) is 0 Å². The van der Waals surface area contributed by atoms with Crippen LogP contribution in [0.1, 0.15) is 18.2 Å². The maximum absolute atomic E-state index is 12.5. The van der Waals surface area contributed by atoms with Gasteiger partial charge >= 0.3 is 6.03 Å². The first-order valence-corrected chi connectivity index (χ1v) is 7.04. The largest absolute Gasteiger partial charge is 0.347 e. The topological polar surface area (TPSA) is 46.9 Å². The minimum atomic E-state index is -0.236. The fraction of sp³-hybridized carbons (Fsp3) is 0.176. The SMILES string of the molecule is CCc1ccccc1NC(=O)n1nc(C)c2ccccc21. The van der Waals surface area contributed by atoms with E-state index in [4.69, 9.17) is 0 Å². The Balaban J connectivity index is 1.98. The van der Waals surface area contributed by atoms with E-state index in [0.717, 1.165) is 34.3 Å². The molecule has 0 aliphatic heterocycles. The first-order chi connectivity index (χ1) is 10.2. The number of nitrogens with zero attached hydrogens (tertiary/aromatic N) is 2. The lowest BCUT2D eigenvalue weighted by Crippen LogP contribution is -2.21. The summed E-state index contributed by atoms with van der Waals surface area (Å²) in [6.07, 6.45) is 0.870. The predicted molar refractivity (Wildman–Crippen MR) is 84.7 cm³/mol. The number of fused-ring (bicyclic) bond motifs is 1. The van der Waals surface area contributed by atoms with Crippen LogP contribution in [0.3, 0.4) is 0 Å². The van der Waals surface area contributed by atoms with Crippen LogP contribution in [0, 0.1) is 6.92 Å². The van der Waals surface area contributed by atoms with Crippen LogP contribution in [0.4, 0.5) is 10.5 Å². The summed E-state index contributed by atoms with van der Waals surface area (Å²) in [6, 6.07) is 15.3. The predicted octanol–water partition coefficient (Wildman–Crippen LogP) is 3.99. The molecule has 4 heteroatoms. The van der Waals surface area contributed by atoms with E-state index in [9.17, 15) is 4.79 Å². The number of benzene rings is 2. The van der Waals surface area contributed by atoms with Gasteiger partial charge in [0.05, 0.1) is 11.2 Å². The van der Waals surface area contributed by atoms with Gasteiger partial charge < -0.3 is 5.32 Å². The van der Waals surface area contributed by atoms with E-state index in [1.54, 1.807) is 0 Å². The van der Waals surface area contributed by atoms with Crippen LogP contribution in [-0.2, 0) is 6.42 Å². The molecule has 21 heavy (non-hydrogen) atoms. The number of carbonyl (C=O) groups is 1. The van der Waals surface area contributed by atoms with Gasteiger partial charge in [-0.1, -0.05) is 43.3 Å². The summed E-state index contributed by atoms with van der Waals surface area (Å²) < 4.78 is 1.43. The molecule has 0 spiro atoms. The van der Waals surface area contributed by atoms with Crippen molar-refractivity contribution in [2.45, 2.75) is 20.3 Å². The number of anilines is 1. The summed E-state index contributed by atoms with van der Waals surface area (Å²) in [6.45, 7) is 3.98. The Morgan fingerprint density at radius 2 is 1.86 bits per heavy atom. The van der Waals surface area contributed by atoms with Gasteiger partial charge in [-0.15, -0.1) is 0 Å². The molecule has 0 saturated carbocycles. The van der Waals surface area contributed by atoms with Crippen LogP contribution in [0.25, 0.3) is 10.9 Å². The molecule has 0 fully saturated rings. The first kappa shape index (κ1) is 13.4. The van der Waals surface area contributed by atoms with E-state index in [1.165, 1.54) is 4.68 Å². The van der Waals surface area contributed by atoms with E-state index in [-0.39, 0.29) is 6.03 Å². The van der Waals surface area contributed by atoms with Crippen molar-refractivity contribution in [1.82, 2.24) is 9.78 Å². The first-order valence-electron chi connectivity index (χ1n) is 7.04. The number of aromatic nitrogens is 2. The average molecular weight is 279 g/mol. The zero-order chi connectivity index (χ0) is 14.8. The second-order valence-corrected chi connectivity index (χ2v) is 4.96. The normalized spacial score (nSPS) is 10.8. The van der Waals surface area contributed by atoms with Crippen LogP contribution in [0.5, 0.6) is 0 Å².